The maximum absolute atomic E-state index is 13.2. The second-order valence-electron chi connectivity index (χ2n) is 7.23. The van der Waals surface area contributed by atoms with E-state index >= 15 is 0 Å². The first-order chi connectivity index (χ1) is 11.3. The molecule has 0 bridgehead atoms. The first-order valence-corrected chi connectivity index (χ1v) is 8.50. The molecule has 8 heteroatoms. The van der Waals surface area contributed by atoms with Crippen LogP contribution < -0.4 is 0 Å². The Morgan fingerprint density at radius 3 is 2.24 bits per heavy atom. The van der Waals surface area contributed by atoms with Crippen molar-refractivity contribution in [3.05, 3.63) is 41.4 Å². The molecule has 3 nitrogen and oxygen atoms in total. The lowest BCUT2D eigenvalue weighted by molar-refractivity contribution is -0.137. The third-order valence-corrected chi connectivity index (χ3v) is 4.50. The third-order valence-electron chi connectivity index (χ3n) is 3.28. The Kier molecular flexibility index (Phi) is 5.16. The zero-order valence-corrected chi connectivity index (χ0v) is 15.6. The largest absolute Gasteiger partial charge is 0.417 e. The summed E-state index contributed by atoms with van der Waals surface area (Å²) < 4.78 is 63.8. The number of alkyl halides is 3. The monoisotopic (exact) mass is 373 g/mol. The molecular weight excluding hydrogens is 354 g/mol. The standard InChI is InChI=1S/C17H19F4NO2Si/c1-15(2,3)25-24-16(4,5)14-9-13(22-23-14)11-7-6-10(18)8-12(11)17(19,20)21/h6-9H,1-5H3. The van der Waals surface area contributed by atoms with Gasteiger partial charge >= 0.3 is 6.18 Å². The number of benzene rings is 1. The molecule has 0 aliphatic heterocycles. The molecule has 0 saturated heterocycles. The average Bonchev–Trinajstić information content (AvgIpc) is 2.94. The van der Waals surface area contributed by atoms with Crippen molar-refractivity contribution >= 4 is 9.76 Å². The number of aromatic nitrogens is 1. The minimum absolute atomic E-state index is 0.0157. The van der Waals surface area contributed by atoms with Crippen LogP contribution in [0.4, 0.5) is 17.6 Å². The van der Waals surface area contributed by atoms with Crippen LogP contribution in [0.15, 0.2) is 28.8 Å². The van der Waals surface area contributed by atoms with Gasteiger partial charge in [-0.3, -0.25) is 0 Å². The molecular formula is C17H19F4NO2Si. The maximum atomic E-state index is 13.2. The molecule has 0 aliphatic rings. The SMILES string of the molecule is CC(C)(C)[Si]OC(C)(C)c1cc(-c2ccc(F)cc2C(F)(F)F)no1. The predicted octanol–water partition coefficient (Wildman–Crippen LogP) is 5.59. The number of halogens is 4. The van der Waals surface area contributed by atoms with Gasteiger partial charge in [-0.05, 0) is 37.1 Å². The number of hydrogen-bond acceptors (Lipinski definition) is 3. The topological polar surface area (TPSA) is 35.3 Å². The fourth-order valence-corrected chi connectivity index (χ4v) is 2.65. The van der Waals surface area contributed by atoms with Crippen LogP contribution in [0.25, 0.3) is 11.3 Å². The van der Waals surface area contributed by atoms with E-state index < -0.39 is 23.2 Å². The number of rotatable bonds is 4. The van der Waals surface area contributed by atoms with Crippen molar-refractivity contribution in [3.63, 3.8) is 0 Å². The van der Waals surface area contributed by atoms with E-state index in [1.165, 1.54) is 6.07 Å². The van der Waals surface area contributed by atoms with Gasteiger partial charge in [0.15, 0.2) is 5.76 Å². The minimum atomic E-state index is -4.70. The van der Waals surface area contributed by atoms with E-state index in [1.807, 2.05) is 20.8 Å². The van der Waals surface area contributed by atoms with Crippen LogP contribution in [0.3, 0.4) is 0 Å². The molecule has 0 fully saturated rings. The lowest BCUT2D eigenvalue weighted by Crippen LogP contribution is -2.27. The Morgan fingerprint density at radius 1 is 1.04 bits per heavy atom. The summed E-state index contributed by atoms with van der Waals surface area (Å²) in [5, 5.41) is 3.67. The normalized spacial score (nSPS) is 13.3. The molecule has 0 spiro atoms. The highest BCUT2D eigenvalue weighted by atomic mass is 28.2. The van der Waals surface area contributed by atoms with Gasteiger partial charge in [0, 0.05) is 11.6 Å². The molecule has 2 aromatic rings. The second kappa shape index (κ2) is 6.57. The van der Waals surface area contributed by atoms with Crippen LogP contribution >= 0.6 is 0 Å². The van der Waals surface area contributed by atoms with E-state index in [1.54, 1.807) is 13.8 Å². The highest BCUT2D eigenvalue weighted by Crippen LogP contribution is 2.38. The van der Waals surface area contributed by atoms with Gasteiger partial charge in [0.05, 0.1) is 5.56 Å². The van der Waals surface area contributed by atoms with Crippen LogP contribution in [0, 0.1) is 5.82 Å². The molecule has 1 heterocycles. The van der Waals surface area contributed by atoms with Crippen molar-refractivity contribution < 1.29 is 26.5 Å². The van der Waals surface area contributed by atoms with Crippen molar-refractivity contribution in [2.24, 2.45) is 0 Å². The smallest absolute Gasteiger partial charge is 0.405 e. The molecule has 2 rings (SSSR count). The second-order valence-corrected chi connectivity index (χ2v) is 9.14. The van der Waals surface area contributed by atoms with E-state index in [2.05, 4.69) is 5.16 Å². The van der Waals surface area contributed by atoms with Crippen molar-refractivity contribution in [3.8, 4) is 11.3 Å². The van der Waals surface area contributed by atoms with Crippen LogP contribution in [0.1, 0.15) is 45.9 Å². The van der Waals surface area contributed by atoms with E-state index in [9.17, 15) is 17.6 Å². The van der Waals surface area contributed by atoms with E-state index in [0.717, 1.165) is 12.1 Å². The summed E-state index contributed by atoms with van der Waals surface area (Å²) in [7, 11) is 0.164. The summed E-state index contributed by atoms with van der Waals surface area (Å²) in [4.78, 5) is 0. The molecule has 2 radical (unpaired) electrons. The Hall–Kier alpha value is -1.67. The molecule has 0 aliphatic carbocycles. The van der Waals surface area contributed by atoms with Crippen molar-refractivity contribution in [2.45, 2.75) is 51.4 Å². The molecule has 0 saturated carbocycles. The highest BCUT2D eigenvalue weighted by Gasteiger charge is 2.36. The summed E-state index contributed by atoms with van der Waals surface area (Å²) in [6, 6.07) is 3.86. The highest BCUT2D eigenvalue weighted by molar-refractivity contribution is 6.31. The Bertz CT molecular complexity index is 748. The van der Waals surface area contributed by atoms with Crippen molar-refractivity contribution in [1.29, 1.82) is 0 Å². The first kappa shape index (κ1) is 19.6. The van der Waals surface area contributed by atoms with Crippen molar-refractivity contribution in [2.75, 3.05) is 0 Å². The van der Waals surface area contributed by atoms with Crippen molar-refractivity contribution in [1.82, 2.24) is 5.16 Å². The molecule has 0 unspecified atom stereocenters. The van der Waals surface area contributed by atoms with Gasteiger partial charge in [0.1, 0.15) is 17.1 Å². The van der Waals surface area contributed by atoms with Gasteiger partial charge in [0.2, 0.25) is 9.76 Å². The fourth-order valence-electron chi connectivity index (χ4n) is 1.99. The molecule has 0 atom stereocenters. The summed E-state index contributed by atoms with van der Waals surface area (Å²) in [6.45, 7) is 9.56. The average molecular weight is 373 g/mol. The van der Waals surface area contributed by atoms with Crippen LogP contribution in [-0.4, -0.2) is 14.9 Å². The van der Waals surface area contributed by atoms with Gasteiger partial charge in [0.25, 0.3) is 0 Å². The lowest BCUT2D eigenvalue weighted by atomic mass is 10.0. The summed E-state index contributed by atoms with van der Waals surface area (Å²) in [5.74, 6) is -0.661. The van der Waals surface area contributed by atoms with Crippen LogP contribution in [-0.2, 0) is 16.2 Å². The maximum Gasteiger partial charge on any atom is 0.417 e. The Morgan fingerprint density at radius 2 is 1.68 bits per heavy atom. The van der Waals surface area contributed by atoms with Gasteiger partial charge in [-0.15, -0.1) is 0 Å². The van der Waals surface area contributed by atoms with Gasteiger partial charge in [-0.25, -0.2) is 4.39 Å². The number of nitrogens with zero attached hydrogens (tertiary/aromatic N) is 1. The predicted molar refractivity (Wildman–Crippen MR) is 86.5 cm³/mol. The molecule has 136 valence electrons. The zero-order chi connectivity index (χ0) is 19.0. The molecule has 1 aromatic heterocycles. The first-order valence-electron chi connectivity index (χ1n) is 7.59. The summed E-state index contributed by atoms with van der Waals surface area (Å²) in [5.41, 5.74) is -2.20. The van der Waals surface area contributed by atoms with Crippen LogP contribution in [0.5, 0.6) is 0 Å². The Labute approximate surface area is 146 Å². The van der Waals surface area contributed by atoms with Crippen LogP contribution in [0.2, 0.25) is 5.04 Å². The quantitative estimate of drug-likeness (QED) is 0.518. The Balaban J connectivity index is 2.36. The molecule has 1 aromatic carbocycles. The van der Waals surface area contributed by atoms with E-state index in [0.29, 0.717) is 11.8 Å². The lowest BCUT2D eigenvalue weighted by Gasteiger charge is -2.26. The summed E-state index contributed by atoms with van der Waals surface area (Å²) in [6.07, 6.45) is -4.70. The fraction of sp³-hybridized carbons (Fsp3) is 0.471. The van der Waals surface area contributed by atoms with Gasteiger partial charge < -0.3 is 8.95 Å². The molecule has 0 N–H and O–H groups in total. The molecule has 25 heavy (non-hydrogen) atoms. The molecule has 0 amide bonds. The minimum Gasteiger partial charge on any atom is -0.405 e. The third kappa shape index (κ3) is 4.91. The van der Waals surface area contributed by atoms with E-state index in [-0.39, 0.29) is 26.1 Å². The van der Waals surface area contributed by atoms with E-state index in [4.69, 9.17) is 8.95 Å². The van der Waals surface area contributed by atoms with Gasteiger partial charge in [-0.2, -0.15) is 13.2 Å². The summed E-state index contributed by atoms with van der Waals surface area (Å²) >= 11 is 0. The number of hydrogen-bond donors (Lipinski definition) is 0. The zero-order valence-electron chi connectivity index (χ0n) is 14.6. The van der Waals surface area contributed by atoms with Gasteiger partial charge in [-0.1, -0.05) is 25.9 Å².